The van der Waals surface area contributed by atoms with Crippen molar-refractivity contribution < 1.29 is 9.90 Å². The van der Waals surface area contributed by atoms with Gasteiger partial charge in [-0.3, -0.25) is 9.69 Å². The lowest BCUT2D eigenvalue weighted by Gasteiger charge is -2.39. The molecule has 3 nitrogen and oxygen atoms in total. The van der Waals surface area contributed by atoms with Gasteiger partial charge in [-0.05, 0) is 59.5 Å². The molecule has 0 saturated carbocycles. The average molecular weight is 380 g/mol. The average Bonchev–Trinajstić information content (AvgIpc) is 2.70. The fourth-order valence-electron chi connectivity index (χ4n) is 4.13. The van der Waals surface area contributed by atoms with Crippen LogP contribution in [0, 0.1) is 0 Å². The summed E-state index contributed by atoms with van der Waals surface area (Å²) in [6.45, 7) is 0.775. The number of carboxylic acids is 1. The number of carbonyl (C=O) groups is 1. The lowest BCUT2D eigenvalue weighted by atomic mass is 9.90. The minimum absolute atomic E-state index is 0.103. The maximum atomic E-state index is 11.9. The second-order valence-corrected chi connectivity index (χ2v) is 7.58. The Kier molecular flexibility index (Phi) is 5.15. The third kappa shape index (κ3) is 3.71. The van der Waals surface area contributed by atoms with E-state index in [-0.39, 0.29) is 6.04 Å². The van der Waals surface area contributed by atoms with Crippen LogP contribution < -0.4 is 0 Å². The van der Waals surface area contributed by atoms with Crippen molar-refractivity contribution in [1.82, 2.24) is 4.90 Å². The molecule has 2 unspecified atom stereocenters. The largest absolute Gasteiger partial charge is 0.480 e. The summed E-state index contributed by atoms with van der Waals surface area (Å²) in [5.74, 6) is -0.741. The summed E-state index contributed by atoms with van der Waals surface area (Å²) in [7, 11) is 0. The van der Waals surface area contributed by atoms with E-state index >= 15 is 0 Å². The summed E-state index contributed by atoms with van der Waals surface area (Å²) >= 11 is 6.10. The number of halogens is 1. The van der Waals surface area contributed by atoms with E-state index in [1.165, 1.54) is 5.39 Å². The number of piperidine rings is 1. The van der Waals surface area contributed by atoms with Gasteiger partial charge in [-0.15, -0.1) is 0 Å². The SMILES string of the molecule is O=C(O)C1CCCCN1C(c1ccc(Cl)cc1)c1ccc2ccccc2c1. The zero-order chi connectivity index (χ0) is 18.8. The Morgan fingerprint density at radius 3 is 2.41 bits per heavy atom. The van der Waals surface area contributed by atoms with Gasteiger partial charge >= 0.3 is 5.97 Å². The molecule has 1 aliphatic rings. The molecule has 0 spiro atoms. The number of nitrogens with zero attached hydrogens (tertiary/aromatic N) is 1. The van der Waals surface area contributed by atoms with Crippen molar-refractivity contribution in [2.24, 2.45) is 0 Å². The maximum absolute atomic E-state index is 11.9. The standard InChI is InChI=1S/C23H22ClNO2/c24-20-12-10-17(11-13-20)22(25-14-4-3-7-21(25)23(26)27)19-9-8-16-5-1-2-6-18(16)15-19/h1-2,5-6,8-13,15,21-22H,3-4,7,14H2,(H,26,27). The van der Waals surface area contributed by atoms with Gasteiger partial charge in [0.2, 0.25) is 0 Å². The summed E-state index contributed by atoms with van der Waals surface area (Å²) in [6.07, 6.45) is 2.66. The van der Waals surface area contributed by atoms with E-state index in [0.29, 0.717) is 11.4 Å². The minimum atomic E-state index is -0.741. The van der Waals surface area contributed by atoms with Gasteiger partial charge in [0.25, 0.3) is 0 Å². The highest BCUT2D eigenvalue weighted by Crippen LogP contribution is 2.35. The van der Waals surface area contributed by atoms with Gasteiger partial charge in [0.1, 0.15) is 6.04 Å². The van der Waals surface area contributed by atoms with Crippen molar-refractivity contribution in [2.45, 2.75) is 31.3 Å². The summed E-state index contributed by atoms with van der Waals surface area (Å²) < 4.78 is 0. The zero-order valence-corrected chi connectivity index (χ0v) is 15.8. The van der Waals surface area contributed by atoms with Gasteiger partial charge in [0.05, 0.1) is 6.04 Å². The smallest absolute Gasteiger partial charge is 0.320 e. The molecule has 3 aromatic carbocycles. The molecule has 27 heavy (non-hydrogen) atoms. The predicted molar refractivity (Wildman–Crippen MR) is 109 cm³/mol. The number of fused-ring (bicyclic) bond motifs is 1. The summed E-state index contributed by atoms with van der Waals surface area (Å²) in [4.78, 5) is 14.1. The lowest BCUT2D eigenvalue weighted by molar-refractivity contribution is -0.145. The van der Waals surface area contributed by atoms with Gasteiger partial charge in [-0.1, -0.05) is 66.6 Å². The number of benzene rings is 3. The van der Waals surface area contributed by atoms with E-state index < -0.39 is 12.0 Å². The summed E-state index contributed by atoms with van der Waals surface area (Å²) in [5, 5.41) is 12.8. The first-order valence-electron chi connectivity index (χ1n) is 9.36. The third-order valence-electron chi connectivity index (χ3n) is 5.44. The molecular weight excluding hydrogens is 358 g/mol. The van der Waals surface area contributed by atoms with Crippen LogP contribution in [-0.2, 0) is 4.79 Å². The second-order valence-electron chi connectivity index (χ2n) is 7.15. The van der Waals surface area contributed by atoms with Crippen LogP contribution in [0.2, 0.25) is 5.02 Å². The molecule has 0 bridgehead atoms. The molecule has 1 heterocycles. The van der Waals surface area contributed by atoms with Gasteiger partial charge in [-0.2, -0.15) is 0 Å². The van der Waals surface area contributed by atoms with Gasteiger partial charge in [0.15, 0.2) is 0 Å². The molecule has 0 radical (unpaired) electrons. The van der Waals surface area contributed by atoms with Crippen LogP contribution in [0.1, 0.15) is 36.4 Å². The highest BCUT2D eigenvalue weighted by molar-refractivity contribution is 6.30. The van der Waals surface area contributed by atoms with Crippen LogP contribution in [0.4, 0.5) is 0 Å². The first-order valence-corrected chi connectivity index (χ1v) is 9.74. The quantitative estimate of drug-likeness (QED) is 0.648. The fraction of sp³-hybridized carbons (Fsp3) is 0.261. The van der Waals surface area contributed by atoms with Crippen molar-refractivity contribution >= 4 is 28.3 Å². The van der Waals surface area contributed by atoms with Gasteiger partial charge in [-0.25, -0.2) is 0 Å². The molecule has 4 rings (SSSR count). The van der Waals surface area contributed by atoms with Crippen LogP contribution in [0.15, 0.2) is 66.7 Å². The third-order valence-corrected chi connectivity index (χ3v) is 5.69. The molecule has 3 aromatic rings. The van der Waals surface area contributed by atoms with Crippen LogP contribution in [0.3, 0.4) is 0 Å². The molecule has 1 N–H and O–H groups in total. The Morgan fingerprint density at radius 2 is 1.67 bits per heavy atom. The molecule has 4 heteroatoms. The normalized spacial score (nSPS) is 19.1. The summed E-state index contributed by atoms with van der Waals surface area (Å²) in [6, 6.07) is 21.9. The van der Waals surface area contributed by atoms with Gasteiger partial charge < -0.3 is 5.11 Å². The molecule has 1 fully saturated rings. The van der Waals surface area contributed by atoms with E-state index in [1.54, 1.807) is 0 Å². The number of rotatable bonds is 4. The van der Waals surface area contributed by atoms with E-state index in [4.69, 9.17) is 11.6 Å². The molecule has 1 aliphatic heterocycles. The number of aliphatic carboxylic acids is 1. The molecule has 138 valence electrons. The number of carboxylic acid groups (broad SMARTS) is 1. The molecule has 2 atom stereocenters. The molecule has 1 saturated heterocycles. The topological polar surface area (TPSA) is 40.5 Å². The van der Waals surface area contributed by atoms with Crippen molar-refractivity contribution in [3.8, 4) is 0 Å². The van der Waals surface area contributed by atoms with Crippen LogP contribution in [0.5, 0.6) is 0 Å². The number of hydrogen-bond acceptors (Lipinski definition) is 2. The Morgan fingerprint density at radius 1 is 0.963 bits per heavy atom. The highest BCUT2D eigenvalue weighted by Gasteiger charge is 2.35. The van der Waals surface area contributed by atoms with E-state index in [9.17, 15) is 9.90 Å². The van der Waals surface area contributed by atoms with Crippen LogP contribution in [0.25, 0.3) is 10.8 Å². The Bertz CT molecular complexity index is 954. The fourth-order valence-corrected chi connectivity index (χ4v) is 4.25. The zero-order valence-electron chi connectivity index (χ0n) is 15.0. The van der Waals surface area contributed by atoms with Crippen molar-refractivity contribution in [3.05, 3.63) is 82.9 Å². The Labute approximate surface area is 164 Å². The molecule has 0 amide bonds. The Hall–Kier alpha value is -2.36. The Balaban J connectivity index is 1.83. The first kappa shape index (κ1) is 18.0. The van der Waals surface area contributed by atoms with E-state index in [1.807, 2.05) is 36.4 Å². The number of likely N-dealkylation sites (tertiary alicyclic amines) is 1. The van der Waals surface area contributed by atoms with Crippen LogP contribution in [-0.4, -0.2) is 28.6 Å². The second kappa shape index (κ2) is 7.71. The maximum Gasteiger partial charge on any atom is 0.320 e. The lowest BCUT2D eigenvalue weighted by Crippen LogP contribution is -2.46. The van der Waals surface area contributed by atoms with E-state index in [0.717, 1.165) is 35.9 Å². The monoisotopic (exact) mass is 379 g/mol. The molecular formula is C23H22ClNO2. The number of hydrogen-bond donors (Lipinski definition) is 1. The minimum Gasteiger partial charge on any atom is -0.480 e. The van der Waals surface area contributed by atoms with Crippen molar-refractivity contribution in [2.75, 3.05) is 6.54 Å². The van der Waals surface area contributed by atoms with Gasteiger partial charge in [0, 0.05) is 5.02 Å². The highest BCUT2D eigenvalue weighted by atomic mass is 35.5. The van der Waals surface area contributed by atoms with E-state index in [2.05, 4.69) is 35.2 Å². The van der Waals surface area contributed by atoms with Crippen LogP contribution >= 0.6 is 11.6 Å². The molecule has 0 aliphatic carbocycles. The predicted octanol–water partition coefficient (Wildman–Crippen LogP) is 5.52. The van der Waals surface area contributed by atoms with Crippen molar-refractivity contribution in [1.29, 1.82) is 0 Å². The van der Waals surface area contributed by atoms with Crippen molar-refractivity contribution in [3.63, 3.8) is 0 Å². The first-order chi connectivity index (χ1) is 13.1. The molecule has 0 aromatic heterocycles. The summed E-state index contributed by atoms with van der Waals surface area (Å²) in [5.41, 5.74) is 2.19.